The van der Waals surface area contributed by atoms with Gasteiger partial charge in [0, 0.05) is 22.9 Å². The van der Waals surface area contributed by atoms with Crippen LogP contribution < -0.4 is 5.73 Å². The number of carbonyl (C=O) groups excluding carboxylic acids is 1. The molecule has 2 nitrogen and oxygen atoms in total. The summed E-state index contributed by atoms with van der Waals surface area (Å²) in [6.07, 6.45) is 3.67. The van der Waals surface area contributed by atoms with Crippen LogP contribution in [0.5, 0.6) is 0 Å². The zero-order valence-corrected chi connectivity index (χ0v) is 11.7. The lowest BCUT2D eigenvalue weighted by Gasteiger charge is -2.25. The number of halogens is 2. The van der Waals surface area contributed by atoms with E-state index in [1.165, 1.54) is 6.07 Å². The highest BCUT2D eigenvalue weighted by Gasteiger charge is 2.25. The van der Waals surface area contributed by atoms with Crippen molar-refractivity contribution in [2.24, 2.45) is 11.7 Å². The maximum absolute atomic E-state index is 13.6. The number of hydrogen-bond acceptors (Lipinski definition) is 2. The summed E-state index contributed by atoms with van der Waals surface area (Å²) in [5.41, 5.74) is 6.29. The molecule has 4 heteroatoms. The van der Waals surface area contributed by atoms with Gasteiger partial charge in [-0.3, -0.25) is 4.79 Å². The summed E-state index contributed by atoms with van der Waals surface area (Å²) in [6, 6.07) is 4.95. The molecule has 1 fully saturated rings. The van der Waals surface area contributed by atoms with Gasteiger partial charge in [-0.2, -0.15) is 0 Å². The molecule has 98 valence electrons. The molecule has 1 aromatic rings. The molecule has 1 aromatic carbocycles. The van der Waals surface area contributed by atoms with Gasteiger partial charge in [-0.15, -0.1) is 0 Å². The molecule has 1 aliphatic rings. The Hall–Kier alpha value is -0.740. The fourth-order valence-corrected chi connectivity index (χ4v) is 2.86. The normalized spacial score (nSPS) is 23.9. The lowest BCUT2D eigenvalue weighted by molar-refractivity contribution is -0.123. The minimum absolute atomic E-state index is 0.0585. The summed E-state index contributed by atoms with van der Waals surface area (Å²) in [6.45, 7) is 0. The fourth-order valence-electron chi connectivity index (χ4n) is 2.45. The van der Waals surface area contributed by atoms with Crippen LogP contribution in [0.25, 0.3) is 0 Å². The molecule has 0 spiro atoms. The number of nitrogens with two attached hydrogens (primary N) is 1. The van der Waals surface area contributed by atoms with Crippen molar-refractivity contribution >= 4 is 21.7 Å². The molecule has 0 amide bonds. The van der Waals surface area contributed by atoms with Gasteiger partial charge in [-0.25, -0.2) is 4.39 Å². The SMILES string of the molecule is NC1CCC(C(=O)Cc2cc(Br)ccc2F)CC1. The van der Waals surface area contributed by atoms with Gasteiger partial charge in [-0.1, -0.05) is 15.9 Å². The van der Waals surface area contributed by atoms with Crippen LogP contribution in [-0.4, -0.2) is 11.8 Å². The van der Waals surface area contributed by atoms with Gasteiger partial charge in [0.2, 0.25) is 0 Å². The van der Waals surface area contributed by atoms with Crippen LogP contribution in [-0.2, 0) is 11.2 Å². The summed E-state index contributed by atoms with van der Waals surface area (Å²) < 4.78 is 14.4. The van der Waals surface area contributed by atoms with E-state index in [0.29, 0.717) is 5.56 Å². The summed E-state index contributed by atoms with van der Waals surface area (Å²) in [5, 5.41) is 0. The Balaban J connectivity index is 2.00. The van der Waals surface area contributed by atoms with Crippen molar-refractivity contribution in [3.05, 3.63) is 34.1 Å². The highest BCUT2D eigenvalue weighted by atomic mass is 79.9. The van der Waals surface area contributed by atoms with Gasteiger partial charge < -0.3 is 5.73 Å². The predicted molar refractivity (Wildman–Crippen MR) is 72.7 cm³/mol. The Morgan fingerprint density at radius 1 is 1.33 bits per heavy atom. The van der Waals surface area contributed by atoms with Crippen molar-refractivity contribution in [2.45, 2.75) is 38.1 Å². The molecule has 1 saturated carbocycles. The predicted octanol–water partition coefficient (Wildman–Crippen LogP) is 3.22. The van der Waals surface area contributed by atoms with Gasteiger partial charge >= 0.3 is 0 Å². The maximum Gasteiger partial charge on any atom is 0.140 e. The molecule has 2 N–H and O–H groups in total. The van der Waals surface area contributed by atoms with Gasteiger partial charge in [0.05, 0.1) is 0 Å². The summed E-state index contributed by atoms with van der Waals surface area (Å²) >= 11 is 3.30. The third kappa shape index (κ3) is 3.39. The van der Waals surface area contributed by atoms with E-state index in [2.05, 4.69) is 15.9 Å². The van der Waals surface area contributed by atoms with Crippen molar-refractivity contribution in [1.29, 1.82) is 0 Å². The molecule has 0 heterocycles. The summed E-state index contributed by atoms with van der Waals surface area (Å²) in [4.78, 5) is 12.1. The van der Waals surface area contributed by atoms with Crippen molar-refractivity contribution in [3.63, 3.8) is 0 Å². The number of rotatable bonds is 3. The second kappa shape index (κ2) is 5.93. The first-order valence-corrected chi connectivity index (χ1v) is 7.08. The second-order valence-corrected chi connectivity index (χ2v) is 5.91. The molecule has 18 heavy (non-hydrogen) atoms. The van der Waals surface area contributed by atoms with Crippen LogP contribution in [0.2, 0.25) is 0 Å². The van der Waals surface area contributed by atoms with Gasteiger partial charge in [-0.05, 0) is 49.4 Å². The average molecular weight is 314 g/mol. The molecule has 0 radical (unpaired) electrons. The molecule has 1 aliphatic carbocycles. The molecule has 0 aromatic heterocycles. The van der Waals surface area contributed by atoms with E-state index in [-0.39, 0.29) is 30.0 Å². The van der Waals surface area contributed by atoms with E-state index in [1.807, 2.05) is 0 Å². The van der Waals surface area contributed by atoms with E-state index < -0.39 is 0 Å². The fraction of sp³-hybridized carbons (Fsp3) is 0.500. The summed E-state index contributed by atoms with van der Waals surface area (Å²) in [5.74, 6) is -0.110. The zero-order chi connectivity index (χ0) is 13.1. The van der Waals surface area contributed by atoms with Gasteiger partial charge in [0.1, 0.15) is 11.6 Å². The topological polar surface area (TPSA) is 43.1 Å². The minimum atomic E-state index is -0.306. The first kappa shape index (κ1) is 13.7. The first-order valence-electron chi connectivity index (χ1n) is 6.28. The Morgan fingerprint density at radius 2 is 2.00 bits per heavy atom. The number of benzene rings is 1. The van der Waals surface area contributed by atoms with Gasteiger partial charge in [0.15, 0.2) is 0 Å². The molecule has 0 bridgehead atoms. The summed E-state index contributed by atoms with van der Waals surface area (Å²) in [7, 11) is 0. The standard InChI is InChI=1S/C14H17BrFNO/c15-11-3-6-13(16)10(7-11)8-14(18)9-1-4-12(17)5-2-9/h3,6-7,9,12H,1-2,4-5,8,17H2. The highest BCUT2D eigenvalue weighted by molar-refractivity contribution is 9.10. The highest BCUT2D eigenvalue weighted by Crippen LogP contribution is 2.26. The first-order chi connectivity index (χ1) is 8.56. The molecule has 0 saturated heterocycles. The van der Waals surface area contributed by atoms with Crippen molar-refractivity contribution in [2.75, 3.05) is 0 Å². The quantitative estimate of drug-likeness (QED) is 0.931. The van der Waals surface area contributed by atoms with Crippen molar-refractivity contribution in [1.82, 2.24) is 0 Å². The maximum atomic E-state index is 13.6. The van der Waals surface area contributed by atoms with E-state index in [9.17, 15) is 9.18 Å². The number of ketones is 1. The van der Waals surface area contributed by atoms with Crippen LogP contribution in [0.15, 0.2) is 22.7 Å². The van der Waals surface area contributed by atoms with Crippen LogP contribution in [0.4, 0.5) is 4.39 Å². The molecule has 2 rings (SSSR count). The Kier molecular flexibility index (Phi) is 4.51. The Bertz CT molecular complexity index is 441. The average Bonchev–Trinajstić information content (AvgIpc) is 2.34. The third-order valence-electron chi connectivity index (χ3n) is 3.60. The van der Waals surface area contributed by atoms with Crippen LogP contribution in [0.1, 0.15) is 31.2 Å². The lowest BCUT2D eigenvalue weighted by Crippen LogP contribution is -2.30. The Labute approximate surface area is 115 Å². The van der Waals surface area contributed by atoms with E-state index in [0.717, 1.165) is 30.2 Å². The Morgan fingerprint density at radius 3 is 2.67 bits per heavy atom. The minimum Gasteiger partial charge on any atom is -0.328 e. The number of carbonyl (C=O) groups is 1. The number of Topliss-reactive ketones (excluding diaryl/α,β-unsaturated/α-hetero) is 1. The van der Waals surface area contributed by atoms with E-state index >= 15 is 0 Å². The van der Waals surface area contributed by atoms with Crippen LogP contribution >= 0.6 is 15.9 Å². The smallest absolute Gasteiger partial charge is 0.140 e. The monoisotopic (exact) mass is 313 g/mol. The molecule has 0 unspecified atom stereocenters. The van der Waals surface area contributed by atoms with Crippen LogP contribution in [0.3, 0.4) is 0 Å². The number of hydrogen-bond donors (Lipinski definition) is 1. The van der Waals surface area contributed by atoms with Crippen molar-refractivity contribution in [3.8, 4) is 0 Å². The molecular weight excluding hydrogens is 297 g/mol. The molecular formula is C14H17BrFNO. The van der Waals surface area contributed by atoms with Crippen molar-refractivity contribution < 1.29 is 9.18 Å². The van der Waals surface area contributed by atoms with E-state index in [1.54, 1.807) is 12.1 Å². The van der Waals surface area contributed by atoms with Gasteiger partial charge in [0.25, 0.3) is 0 Å². The van der Waals surface area contributed by atoms with Crippen LogP contribution in [0, 0.1) is 11.7 Å². The lowest BCUT2D eigenvalue weighted by atomic mass is 9.82. The zero-order valence-electron chi connectivity index (χ0n) is 10.2. The second-order valence-electron chi connectivity index (χ2n) is 4.99. The van der Waals surface area contributed by atoms with E-state index in [4.69, 9.17) is 5.73 Å². The molecule has 0 atom stereocenters. The largest absolute Gasteiger partial charge is 0.328 e. The molecule has 0 aliphatic heterocycles. The third-order valence-corrected chi connectivity index (χ3v) is 4.09.